The van der Waals surface area contributed by atoms with Crippen LogP contribution in [0.25, 0.3) is 11.5 Å². The number of amides is 1. The second-order valence-corrected chi connectivity index (χ2v) is 5.69. The summed E-state index contributed by atoms with van der Waals surface area (Å²) < 4.78 is 10.8. The molecule has 1 aliphatic heterocycles. The van der Waals surface area contributed by atoms with Gasteiger partial charge in [0.25, 0.3) is 5.89 Å². The second-order valence-electron chi connectivity index (χ2n) is 5.69. The minimum absolute atomic E-state index is 0.182. The van der Waals surface area contributed by atoms with Crippen LogP contribution < -0.4 is 0 Å². The number of rotatable bonds is 4. The van der Waals surface area contributed by atoms with Gasteiger partial charge in [-0.1, -0.05) is 12.8 Å². The lowest BCUT2D eigenvalue weighted by Crippen LogP contribution is -2.31. The molecule has 0 atom stereocenters. The maximum Gasteiger partial charge on any atom is 0.251 e. The van der Waals surface area contributed by atoms with Crippen LogP contribution in [0.5, 0.6) is 0 Å². The Morgan fingerprint density at radius 3 is 2.68 bits per heavy atom. The standard InChI is InChI=1S/C16H21N3O3/c1-12-13(8-11-21-12)16-18-17-14(22-16)6-7-15(20)19-9-4-2-3-5-10-19/h8,11H,2-7,9-10H2,1H3. The van der Waals surface area contributed by atoms with Crippen molar-refractivity contribution in [2.75, 3.05) is 13.1 Å². The van der Waals surface area contributed by atoms with Crippen LogP contribution in [0.3, 0.4) is 0 Å². The summed E-state index contributed by atoms with van der Waals surface area (Å²) >= 11 is 0. The van der Waals surface area contributed by atoms with E-state index in [1.165, 1.54) is 12.8 Å². The van der Waals surface area contributed by atoms with Crippen molar-refractivity contribution in [1.29, 1.82) is 0 Å². The molecule has 2 aromatic heterocycles. The van der Waals surface area contributed by atoms with Crippen LogP contribution in [0.1, 0.15) is 43.8 Å². The number of nitrogens with zero attached hydrogens (tertiary/aromatic N) is 3. The van der Waals surface area contributed by atoms with Gasteiger partial charge in [0.15, 0.2) is 0 Å². The molecule has 0 saturated carbocycles. The van der Waals surface area contributed by atoms with Crippen LogP contribution in [0.2, 0.25) is 0 Å². The SMILES string of the molecule is Cc1occc1-c1nnc(CCC(=O)N2CCCCCC2)o1. The molecule has 0 radical (unpaired) electrons. The first-order chi connectivity index (χ1) is 10.7. The van der Waals surface area contributed by atoms with Crippen LogP contribution in [-0.2, 0) is 11.2 Å². The third-order valence-corrected chi connectivity index (χ3v) is 4.07. The zero-order chi connectivity index (χ0) is 15.4. The van der Waals surface area contributed by atoms with E-state index in [9.17, 15) is 4.79 Å². The van der Waals surface area contributed by atoms with Gasteiger partial charge in [-0.2, -0.15) is 0 Å². The van der Waals surface area contributed by atoms with E-state index in [0.29, 0.717) is 24.6 Å². The molecule has 0 unspecified atom stereocenters. The van der Waals surface area contributed by atoms with Crippen molar-refractivity contribution in [2.45, 2.75) is 45.4 Å². The third-order valence-electron chi connectivity index (χ3n) is 4.07. The summed E-state index contributed by atoms with van der Waals surface area (Å²) in [6.07, 6.45) is 7.16. The van der Waals surface area contributed by atoms with Crippen molar-refractivity contribution in [3.8, 4) is 11.5 Å². The monoisotopic (exact) mass is 303 g/mol. The fourth-order valence-corrected chi connectivity index (χ4v) is 2.76. The minimum Gasteiger partial charge on any atom is -0.469 e. The summed E-state index contributed by atoms with van der Waals surface area (Å²) in [5, 5.41) is 8.04. The molecule has 1 amide bonds. The van der Waals surface area contributed by atoms with Crippen LogP contribution >= 0.6 is 0 Å². The molecule has 2 aromatic rings. The molecule has 0 aromatic carbocycles. The third kappa shape index (κ3) is 3.37. The highest BCUT2D eigenvalue weighted by Gasteiger charge is 2.17. The number of furan rings is 1. The number of carbonyl (C=O) groups excluding carboxylic acids is 1. The Morgan fingerprint density at radius 2 is 2.00 bits per heavy atom. The number of aryl methyl sites for hydroxylation is 2. The quantitative estimate of drug-likeness (QED) is 0.868. The van der Waals surface area contributed by atoms with Gasteiger partial charge in [-0.3, -0.25) is 4.79 Å². The maximum absolute atomic E-state index is 12.2. The molecular weight excluding hydrogens is 282 g/mol. The lowest BCUT2D eigenvalue weighted by atomic mass is 10.2. The van der Waals surface area contributed by atoms with E-state index in [4.69, 9.17) is 8.83 Å². The van der Waals surface area contributed by atoms with Crippen LogP contribution in [0.15, 0.2) is 21.2 Å². The molecular formula is C16H21N3O3. The first-order valence-corrected chi connectivity index (χ1v) is 7.88. The van der Waals surface area contributed by atoms with Gasteiger partial charge in [-0.15, -0.1) is 10.2 Å². The van der Waals surface area contributed by atoms with Crippen LogP contribution in [0, 0.1) is 6.92 Å². The highest BCUT2D eigenvalue weighted by Crippen LogP contribution is 2.23. The fourth-order valence-electron chi connectivity index (χ4n) is 2.76. The van der Waals surface area contributed by atoms with Crippen molar-refractivity contribution in [3.63, 3.8) is 0 Å². The molecule has 3 rings (SSSR count). The normalized spacial score (nSPS) is 15.8. The number of hydrogen-bond donors (Lipinski definition) is 0. The van der Waals surface area contributed by atoms with Gasteiger partial charge in [0.1, 0.15) is 5.76 Å². The van der Waals surface area contributed by atoms with E-state index >= 15 is 0 Å². The van der Waals surface area contributed by atoms with Gasteiger partial charge < -0.3 is 13.7 Å². The molecule has 1 fully saturated rings. The summed E-state index contributed by atoms with van der Waals surface area (Å²) in [6, 6.07) is 1.80. The number of aromatic nitrogens is 2. The summed E-state index contributed by atoms with van der Waals surface area (Å²) in [7, 11) is 0. The molecule has 0 aliphatic carbocycles. The van der Waals surface area contributed by atoms with Gasteiger partial charge in [0, 0.05) is 25.9 Å². The van der Waals surface area contributed by atoms with E-state index in [2.05, 4.69) is 10.2 Å². The largest absolute Gasteiger partial charge is 0.469 e. The number of carbonyl (C=O) groups is 1. The van der Waals surface area contributed by atoms with E-state index in [1.807, 2.05) is 11.8 Å². The van der Waals surface area contributed by atoms with E-state index in [1.54, 1.807) is 12.3 Å². The molecule has 118 valence electrons. The topological polar surface area (TPSA) is 72.4 Å². The fraction of sp³-hybridized carbons (Fsp3) is 0.562. The Labute approximate surface area is 129 Å². The predicted octanol–water partition coefficient (Wildman–Crippen LogP) is 2.97. The van der Waals surface area contributed by atoms with E-state index in [0.717, 1.165) is 37.3 Å². The molecule has 0 N–H and O–H groups in total. The Bertz CT molecular complexity index is 624. The number of likely N-dealkylation sites (tertiary alicyclic amines) is 1. The lowest BCUT2D eigenvalue weighted by molar-refractivity contribution is -0.131. The molecule has 6 heteroatoms. The summed E-state index contributed by atoms with van der Waals surface area (Å²) in [5.74, 6) is 1.87. The van der Waals surface area contributed by atoms with E-state index < -0.39 is 0 Å². The van der Waals surface area contributed by atoms with Gasteiger partial charge in [0.05, 0.1) is 11.8 Å². The Kier molecular flexibility index (Phi) is 4.56. The van der Waals surface area contributed by atoms with Gasteiger partial charge in [0.2, 0.25) is 11.8 Å². The summed E-state index contributed by atoms with van der Waals surface area (Å²) in [4.78, 5) is 14.2. The Morgan fingerprint density at radius 1 is 1.23 bits per heavy atom. The summed E-state index contributed by atoms with van der Waals surface area (Å²) in [6.45, 7) is 3.60. The Hall–Kier alpha value is -2.11. The van der Waals surface area contributed by atoms with Crippen molar-refractivity contribution in [3.05, 3.63) is 24.0 Å². The molecule has 1 aliphatic rings. The average Bonchev–Trinajstić information content (AvgIpc) is 3.05. The highest BCUT2D eigenvalue weighted by molar-refractivity contribution is 5.76. The van der Waals surface area contributed by atoms with E-state index in [-0.39, 0.29) is 5.91 Å². The molecule has 0 spiro atoms. The highest BCUT2D eigenvalue weighted by atomic mass is 16.4. The van der Waals surface area contributed by atoms with Crippen LogP contribution in [0.4, 0.5) is 0 Å². The number of hydrogen-bond acceptors (Lipinski definition) is 5. The first kappa shape index (κ1) is 14.8. The average molecular weight is 303 g/mol. The van der Waals surface area contributed by atoms with Crippen molar-refractivity contribution < 1.29 is 13.6 Å². The smallest absolute Gasteiger partial charge is 0.251 e. The van der Waals surface area contributed by atoms with Gasteiger partial charge in [-0.05, 0) is 25.8 Å². The maximum atomic E-state index is 12.2. The zero-order valence-electron chi connectivity index (χ0n) is 12.9. The lowest BCUT2D eigenvalue weighted by Gasteiger charge is -2.19. The van der Waals surface area contributed by atoms with Crippen LogP contribution in [-0.4, -0.2) is 34.1 Å². The Balaban J connectivity index is 1.56. The van der Waals surface area contributed by atoms with Crippen molar-refractivity contribution in [2.24, 2.45) is 0 Å². The predicted molar refractivity (Wildman–Crippen MR) is 80.1 cm³/mol. The molecule has 0 bridgehead atoms. The summed E-state index contributed by atoms with van der Waals surface area (Å²) in [5.41, 5.74) is 0.803. The molecule has 6 nitrogen and oxygen atoms in total. The molecule has 1 saturated heterocycles. The molecule has 3 heterocycles. The van der Waals surface area contributed by atoms with Gasteiger partial charge >= 0.3 is 0 Å². The molecule has 22 heavy (non-hydrogen) atoms. The van der Waals surface area contributed by atoms with Crippen molar-refractivity contribution >= 4 is 5.91 Å². The zero-order valence-corrected chi connectivity index (χ0v) is 12.9. The first-order valence-electron chi connectivity index (χ1n) is 7.88. The van der Waals surface area contributed by atoms with Gasteiger partial charge in [-0.25, -0.2) is 0 Å². The minimum atomic E-state index is 0.182. The van der Waals surface area contributed by atoms with Crippen molar-refractivity contribution in [1.82, 2.24) is 15.1 Å². The second kappa shape index (κ2) is 6.77.